The third kappa shape index (κ3) is 2.73. The van der Waals surface area contributed by atoms with Gasteiger partial charge in [0.15, 0.2) is 5.79 Å². The molecule has 2 atom stereocenters. The van der Waals surface area contributed by atoms with Crippen LogP contribution in [0.4, 0.5) is 0 Å². The van der Waals surface area contributed by atoms with Crippen LogP contribution in [-0.2, 0) is 9.47 Å². The first-order valence-corrected chi connectivity index (χ1v) is 4.64. The van der Waals surface area contributed by atoms with E-state index in [1.54, 1.807) is 0 Å². The van der Waals surface area contributed by atoms with E-state index in [0.717, 1.165) is 6.42 Å². The van der Waals surface area contributed by atoms with Gasteiger partial charge >= 0.3 is 0 Å². The van der Waals surface area contributed by atoms with Crippen molar-refractivity contribution in [1.82, 2.24) is 0 Å². The molecule has 0 aromatic carbocycles. The summed E-state index contributed by atoms with van der Waals surface area (Å²) in [5, 5.41) is 9.92. The summed E-state index contributed by atoms with van der Waals surface area (Å²) in [6.45, 7) is 5.10. The van der Waals surface area contributed by atoms with E-state index in [4.69, 9.17) is 9.47 Å². The number of rotatable bonds is 2. The van der Waals surface area contributed by atoms with Gasteiger partial charge in [0.1, 0.15) is 0 Å². The summed E-state index contributed by atoms with van der Waals surface area (Å²) in [5.41, 5.74) is 0. The Bertz CT molecular complexity index is 138. The van der Waals surface area contributed by atoms with Crippen molar-refractivity contribution in [3.05, 3.63) is 0 Å². The maximum Gasteiger partial charge on any atom is 0.167 e. The maximum atomic E-state index is 9.92. The van der Waals surface area contributed by atoms with Gasteiger partial charge in [-0.05, 0) is 6.92 Å². The first kappa shape index (κ1) is 9.96. The van der Waals surface area contributed by atoms with E-state index in [2.05, 4.69) is 0 Å². The molecule has 0 aromatic rings. The molecule has 1 N–H and O–H groups in total. The van der Waals surface area contributed by atoms with Crippen LogP contribution in [0.3, 0.4) is 0 Å². The van der Waals surface area contributed by atoms with E-state index in [-0.39, 0.29) is 6.10 Å². The van der Waals surface area contributed by atoms with E-state index in [1.807, 2.05) is 13.8 Å². The summed E-state index contributed by atoms with van der Waals surface area (Å²) < 4.78 is 10.7. The molecular formula is C9H18O3. The molecule has 0 spiro atoms. The fourth-order valence-corrected chi connectivity index (χ4v) is 1.61. The smallest absolute Gasteiger partial charge is 0.167 e. The average molecular weight is 174 g/mol. The highest BCUT2D eigenvalue weighted by Crippen LogP contribution is 2.24. The molecule has 1 aliphatic rings. The predicted octanol–water partition coefficient (Wildman–Crippen LogP) is 1.30. The first-order valence-electron chi connectivity index (χ1n) is 4.64. The van der Waals surface area contributed by atoms with Crippen molar-refractivity contribution in [2.75, 3.05) is 13.2 Å². The van der Waals surface area contributed by atoms with Crippen LogP contribution in [0.15, 0.2) is 0 Å². The first-order chi connectivity index (χ1) is 5.66. The van der Waals surface area contributed by atoms with Crippen molar-refractivity contribution in [3.8, 4) is 0 Å². The predicted molar refractivity (Wildman–Crippen MR) is 45.8 cm³/mol. The van der Waals surface area contributed by atoms with Gasteiger partial charge in [0.2, 0.25) is 0 Å². The van der Waals surface area contributed by atoms with Gasteiger partial charge < -0.3 is 14.6 Å². The summed E-state index contributed by atoms with van der Waals surface area (Å²) >= 11 is 0. The number of aliphatic hydroxyl groups is 1. The van der Waals surface area contributed by atoms with Crippen LogP contribution in [0.2, 0.25) is 0 Å². The molecule has 0 saturated carbocycles. The Labute approximate surface area is 73.7 Å². The molecule has 1 heterocycles. The fourth-order valence-electron chi connectivity index (χ4n) is 1.61. The number of hydrogen-bond donors (Lipinski definition) is 1. The third-order valence-corrected chi connectivity index (χ3v) is 2.10. The lowest BCUT2D eigenvalue weighted by atomic mass is 10.0. The molecule has 0 amide bonds. The zero-order valence-electron chi connectivity index (χ0n) is 7.88. The highest BCUT2D eigenvalue weighted by Gasteiger charge is 2.31. The van der Waals surface area contributed by atoms with Gasteiger partial charge in [0.05, 0.1) is 19.3 Å². The molecule has 1 aliphatic heterocycles. The Hall–Kier alpha value is -0.120. The van der Waals surface area contributed by atoms with Crippen molar-refractivity contribution >= 4 is 0 Å². The van der Waals surface area contributed by atoms with Crippen LogP contribution in [0.1, 0.15) is 33.1 Å². The standard InChI is InChI=1S/C9H18O3/c1-3-4-9(10)7-8(2)11-5-6-12-9/h8,10H,3-7H2,1-2H3. The Morgan fingerprint density at radius 3 is 2.92 bits per heavy atom. The highest BCUT2D eigenvalue weighted by atomic mass is 16.6. The topological polar surface area (TPSA) is 38.7 Å². The minimum absolute atomic E-state index is 0.101. The van der Waals surface area contributed by atoms with E-state index in [1.165, 1.54) is 0 Å². The molecule has 0 aliphatic carbocycles. The van der Waals surface area contributed by atoms with Gasteiger partial charge in [-0.2, -0.15) is 0 Å². The lowest BCUT2D eigenvalue weighted by Crippen LogP contribution is -2.34. The van der Waals surface area contributed by atoms with Gasteiger partial charge in [-0.1, -0.05) is 13.3 Å². The molecule has 1 fully saturated rings. The monoisotopic (exact) mass is 174 g/mol. The molecule has 0 radical (unpaired) electrons. The van der Waals surface area contributed by atoms with E-state index < -0.39 is 5.79 Å². The fraction of sp³-hybridized carbons (Fsp3) is 1.00. The molecule has 0 bridgehead atoms. The normalized spacial score (nSPS) is 37.8. The molecule has 12 heavy (non-hydrogen) atoms. The molecule has 1 rings (SSSR count). The van der Waals surface area contributed by atoms with E-state index in [0.29, 0.717) is 26.1 Å². The van der Waals surface area contributed by atoms with Crippen LogP contribution >= 0.6 is 0 Å². The minimum Gasteiger partial charge on any atom is -0.376 e. The minimum atomic E-state index is -0.940. The summed E-state index contributed by atoms with van der Waals surface area (Å²) in [4.78, 5) is 0. The van der Waals surface area contributed by atoms with Crippen molar-refractivity contribution in [3.63, 3.8) is 0 Å². The molecule has 3 heteroatoms. The SMILES string of the molecule is CCCC1(O)CC(C)OCCO1. The lowest BCUT2D eigenvalue weighted by molar-refractivity contribution is -0.206. The summed E-state index contributed by atoms with van der Waals surface area (Å²) in [7, 11) is 0. The Balaban J connectivity index is 2.49. The van der Waals surface area contributed by atoms with Crippen molar-refractivity contribution in [2.45, 2.75) is 45.0 Å². The van der Waals surface area contributed by atoms with Gasteiger partial charge in [-0.3, -0.25) is 0 Å². The molecule has 2 unspecified atom stereocenters. The van der Waals surface area contributed by atoms with Gasteiger partial charge in [0, 0.05) is 12.8 Å². The molecule has 72 valence electrons. The molecular weight excluding hydrogens is 156 g/mol. The Kier molecular flexibility index (Phi) is 3.50. The zero-order valence-corrected chi connectivity index (χ0v) is 7.88. The Morgan fingerprint density at radius 2 is 2.25 bits per heavy atom. The van der Waals surface area contributed by atoms with Crippen LogP contribution in [0.5, 0.6) is 0 Å². The maximum absolute atomic E-state index is 9.92. The largest absolute Gasteiger partial charge is 0.376 e. The molecule has 0 aromatic heterocycles. The van der Waals surface area contributed by atoms with Gasteiger partial charge in [-0.15, -0.1) is 0 Å². The van der Waals surface area contributed by atoms with E-state index >= 15 is 0 Å². The van der Waals surface area contributed by atoms with Crippen LogP contribution < -0.4 is 0 Å². The highest BCUT2D eigenvalue weighted by molar-refractivity contribution is 4.72. The average Bonchev–Trinajstić information content (AvgIpc) is 2.12. The van der Waals surface area contributed by atoms with E-state index in [9.17, 15) is 5.11 Å². The van der Waals surface area contributed by atoms with Crippen molar-refractivity contribution in [2.24, 2.45) is 0 Å². The summed E-state index contributed by atoms with van der Waals surface area (Å²) in [6.07, 6.45) is 2.31. The summed E-state index contributed by atoms with van der Waals surface area (Å²) in [6, 6.07) is 0. The second-order valence-corrected chi connectivity index (χ2v) is 3.43. The second-order valence-electron chi connectivity index (χ2n) is 3.43. The van der Waals surface area contributed by atoms with Gasteiger partial charge in [-0.25, -0.2) is 0 Å². The number of ether oxygens (including phenoxy) is 2. The number of hydrogen-bond acceptors (Lipinski definition) is 3. The van der Waals surface area contributed by atoms with Crippen molar-refractivity contribution < 1.29 is 14.6 Å². The van der Waals surface area contributed by atoms with Crippen LogP contribution in [0.25, 0.3) is 0 Å². The summed E-state index contributed by atoms with van der Waals surface area (Å²) in [5.74, 6) is -0.940. The Morgan fingerprint density at radius 1 is 1.50 bits per heavy atom. The second kappa shape index (κ2) is 4.21. The zero-order chi connectivity index (χ0) is 9.03. The van der Waals surface area contributed by atoms with Crippen molar-refractivity contribution in [1.29, 1.82) is 0 Å². The van der Waals surface area contributed by atoms with Gasteiger partial charge in [0.25, 0.3) is 0 Å². The molecule has 3 nitrogen and oxygen atoms in total. The lowest BCUT2D eigenvalue weighted by Gasteiger charge is -2.26. The molecule has 1 saturated heterocycles. The van der Waals surface area contributed by atoms with Crippen LogP contribution in [0, 0.1) is 0 Å². The van der Waals surface area contributed by atoms with Crippen LogP contribution in [-0.4, -0.2) is 30.2 Å². The third-order valence-electron chi connectivity index (χ3n) is 2.10. The quantitative estimate of drug-likeness (QED) is 0.685.